The van der Waals surface area contributed by atoms with Crippen molar-refractivity contribution in [2.45, 2.75) is 156 Å². The third-order valence-corrected chi connectivity index (χ3v) is 19.8. The largest absolute Gasteiger partial charge is 0.456 e. The van der Waals surface area contributed by atoms with E-state index in [1.54, 1.807) is 32.2 Å². The van der Waals surface area contributed by atoms with E-state index in [1.807, 2.05) is 13.8 Å². The van der Waals surface area contributed by atoms with Crippen LogP contribution in [0.4, 0.5) is 0 Å². The zero-order valence-electron chi connectivity index (χ0n) is 32.4. The minimum atomic E-state index is -2.02. The zero-order chi connectivity index (χ0) is 38.1. The van der Waals surface area contributed by atoms with E-state index in [1.165, 1.54) is 18.3 Å². The van der Waals surface area contributed by atoms with Gasteiger partial charge in [-0.25, -0.2) is 4.79 Å². The first-order chi connectivity index (χ1) is 22.0. The van der Waals surface area contributed by atoms with Gasteiger partial charge in [0.1, 0.15) is 16.4 Å². The van der Waals surface area contributed by atoms with Gasteiger partial charge in [-0.2, -0.15) is 0 Å². The zero-order valence-corrected chi connectivity index (χ0v) is 35.2. The first kappa shape index (κ1) is 42.8. The van der Waals surface area contributed by atoms with Crippen molar-refractivity contribution in [1.29, 1.82) is 0 Å². The van der Waals surface area contributed by atoms with Crippen molar-refractivity contribution in [2.75, 3.05) is 0 Å². The van der Waals surface area contributed by atoms with Crippen LogP contribution in [0.25, 0.3) is 0 Å². The predicted molar refractivity (Wildman–Crippen MR) is 197 cm³/mol. The molecule has 3 rings (SSSR count). The fourth-order valence-corrected chi connectivity index (χ4v) is 8.59. The normalized spacial score (nSPS) is 22.6. The number of hydrogen-bond donors (Lipinski definition) is 2. The minimum absolute atomic E-state index is 0.0432. The van der Waals surface area contributed by atoms with Crippen LogP contribution in [-0.2, 0) is 32.7 Å². The Kier molecular flexibility index (Phi) is 13.5. The van der Waals surface area contributed by atoms with Crippen molar-refractivity contribution in [3.8, 4) is 0 Å². The second kappa shape index (κ2) is 15.5. The molecule has 0 spiro atoms. The van der Waals surface area contributed by atoms with Crippen LogP contribution < -0.4 is 10.6 Å². The number of β-lactam (4-membered cyclic amide) rings is 2. The fourth-order valence-electron chi connectivity index (χ4n) is 4.95. The highest BCUT2D eigenvalue weighted by Crippen LogP contribution is 2.40. The molecule has 1 aromatic heterocycles. The topological polar surface area (TPSA) is 146 Å². The summed E-state index contributed by atoms with van der Waals surface area (Å²) in [5.41, 5.74) is -0.117. The van der Waals surface area contributed by atoms with Crippen LogP contribution in [0, 0.1) is 11.8 Å². The average Bonchev–Trinajstić information content (AvgIpc) is 3.35. The Hall–Kier alpha value is -2.40. The molecule has 2 N–H and O–H groups in total. The Morgan fingerprint density at radius 1 is 0.816 bits per heavy atom. The molecular weight excluding hydrogens is 681 g/mol. The molecule has 2 amide bonds. The van der Waals surface area contributed by atoms with E-state index in [4.69, 9.17) is 18.3 Å². The highest BCUT2D eigenvalue weighted by Gasteiger charge is 2.50. The Labute approximate surface area is 299 Å². The molecule has 0 aliphatic carbocycles. The highest BCUT2D eigenvalue weighted by molar-refractivity contribution is 7.12. The molecule has 278 valence electrons. The van der Waals surface area contributed by atoms with Crippen molar-refractivity contribution in [3.05, 3.63) is 21.9 Å². The lowest BCUT2D eigenvalue weighted by Crippen LogP contribution is -2.65. The van der Waals surface area contributed by atoms with Crippen molar-refractivity contribution >= 4 is 57.5 Å². The molecule has 0 aromatic carbocycles. The first-order valence-electron chi connectivity index (χ1n) is 17.0. The summed E-state index contributed by atoms with van der Waals surface area (Å²) in [4.78, 5) is 60.2. The van der Waals surface area contributed by atoms with Gasteiger partial charge < -0.3 is 29.0 Å². The van der Waals surface area contributed by atoms with Crippen molar-refractivity contribution in [3.63, 3.8) is 0 Å². The van der Waals surface area contributed by atoms with Crippen LogP contribution >= 0.6 is 11.3 Å². The molecule has 1 aromatic rings. The Morgan fingerprint density at radius 3 is 1.69 bits per heavy atom. The summed E-state index contributed by atoms with van der Waals surface area (Å²) in [5, 5.41) is 7.23. The number of rotatable bonds is 11. The lowest BCUT2D eigenvalue weighted by atomic mass is 9.82. The third kappa shape index (κ3) is 11.3. The van der Waals surface area contributed by atoms with Crippen molar-refractivity contribution in [1.82, 2.24) is 10.6 Å². The van der Waals surface area contributed by atoms with E-state index in [0.29, 0.717) is 10.4 Å². The first-order valence-corrected chi connectivity index (χ1v) is 23.7. The molecule has 2 aliphatic heterocycles. The molecule has 6 atom stereocenters. The van der Waals surface area contributed by atoms with E-state index < -0.39 is 46.3 Å². The van der Waals surface area contributed by atoms with Crippen LogP contribution in [0.2, 0.25) is 36.3 Å². The molecule has 2 aliphatic rings. The summed E-state index contributed by atoms with van der Waals surface area (Å²) in [5.74, 6) is -1.86. The second-order valence-corrected chi connectivity index (χ2v) is 27.6. The van der Waals surface area contributed by atoms with Crippen LogP contribution in [0.5, 0.6) is 0 Å². The van der Waals surface area contributed by atoms with E-state index in [9.17, 15) is 24.0 Å². The summed E-state index contributed by atoms with van der Waals surface area (Å²) >= 11 is 1.20. The van der Waals surface area contributed by atoms with Gasteiger partial charge in [-0.3, -0.25) is 19.2 Å². The number of hydrogen-bond acceptors (Lipinski definition) is 10. The number of ketones is 1. The number of amides is 2. The van der Waals surface area contributed by atoms with E-state index in [0.717, 1.165) is 0 Å². The quantitative estimate of drug-likeness (QED) is 0.108. The van der Waals surface area contributed by atoms with Gasteiger partial charge in [0.05, 0.1) is 24.2 Å². The molecule has 2 saturated heterocycles. The predicted octanol–water partition coefficient (Wildman–Crippen LogP) is 6.83. The fraction of sp³-hybridized carbons (Fsp3) is 0.743. The van der Waals surface area contributed by atoms with Gasteiger partial charge in [-0.1, -0.05) is 41.5 Å². The number of thiophene rings is 1. The molecule has 0 bridgehead atoms. The lowest BCUT2D eigenvalue weighted by Gasteiger charge is -2.45. The number of esters is 2. The molecule has 3 heterocycles. The standard InChI is InChI=1S/C22H35NO5SSi.C13H25NO4Si/c1-13(28-30(8,9)22(5,6)7)18-15(23-19(18)25)11-16(24)14-10-17(29-12-14)20(26)27-21(2,3)4;1-8(18-19(6,7)13(3,4)5)10-11(16)14-12(10)17-9(2)15/h10,12-13,15,18H,11H2,1-9H3,(H,23,25);8,10,12H,1-7H3,(H,14,16)/t13-,15-,18-;8-,10+,12-/m11/s1. The van der Waals surface area contributed by atoms with Crippen LogP contribution in [0.1, 0.15) is 110 Å². The number of carbonyl (C=O) groups is 5. The number of ether oxygens (including phenoxy) is 2. The minimum Gasteiger partial charge on any atom is -0.456 e. The molecule has 49 heavy (non-hydrogen) atoms. The van der Waals surface area contributed by atoms with Gasteiger partial charge in [-0.15, -0.1) is 11.3 Å². The summed E-state index contributed by atoms with van der Waals surface area (Å²) in [6.45, 7) is 32.1. The number of Topliss-reactive ketones (excluding diaryl/α,β-unsaturated/α-hetero) is 1. The summed E-state index contributed by atoms with van der Waals surface area (Å²) < 4.78 is 23.0. The Balaban J connectivity index is 0.000000377. The maximum atomic E-state index is 12.8. The van der Waals surface area contributed by atoms with Gasteiger partial charge in [0.2, 0.25) is 11.8 Å². The Bertz CT molecular complexity index is 1390. The number of carbonyl (C=O) groups excluding carboxylic acids is 5. The summed E-state index contributed by atoms with van der Waals surface area (Å²) in [7, 11) is -3.95. The Morgan fingerprint density at radius 2 is 1.29 bits per heavy atom. The number of nitrogens with one attached hydrogen (secondary N) is 2. The second-order valence-electron chi connectivity index (χ2n) is 17.2. The lowest BCUT2D eigenvalue weighted by molar-refractivity contribution is -0.173. The van der Waals surface area contributed by atoms with E-state index in [-0.39, 0.29) is 58.3 Å². The smallest absolute Gasteiger partial charge is 0.348 e. The molecular formula is C35H60N2O9SSi2. The van der Waals surface area contributed by atoms with Crippen LogP contribution in [0.3, 0.4) is 0 Å². The maximum Gasteiger partial charge on any atom is 0.348 e. The SMILES string of the molecule is CC(=O)O[C@H]1NC(=O)[C@@H]1[C@@H](C)O[Si](C)(C)C(C)(C)C.C[C@@H](O[Si](C)(C)C(C)(C)C)[C@H]1C(=O)N[C@@H]1CC(=O)c1csc(C(=O)OC(C)(C)C)c1. The molecule has 0 saturated carbocycles. The molecule has 14 heteroatoms. The van der Waals surface area contributed by atoms with Crippen molar-refractivity contribution < 1.29 is 42.3 Å². The van der Waals surface area contributed by atoms with Gasteiger partial charge >= 0.3 is 11.9 Å². The summed E-state index contributed by atoms with van der Waals surface area (Å²) in [6, 6.07) is 1.32. The summed E-state index contributed by atoms with van der Waals surface area (Å²) in [6.07, 6.45) is -0.868. The van der Waals surface area contributed by atoms with Crippen LogP contribution in [-0.4, -0.2) is 76.2 Å². The molecule has 11 nitrogen and oxygen atoms in total. The van der Waals surface area contributed by atoms with Gasteiger partial charge in [0, 0.05) is 24.3 Å². The van der Waals surface area contributed by atoms with E-state index in [2.05, 4.69) is 78.4 Å². The van der Waals surface area contributed by atoms with Crippen LogP contribution in [0.15, 0.2) is 11.4 Å². The van der Waals surface area contributed by atoms with Gasteiger partial charge in [0.25, 0.3) is 0 Å². The third-order valence-electron chi connectivity index (χ3n) is 9.78. The molecule has 0 radical (unpaired) electrons. The molecule has 2 fully saturated rings. The van der Waals surface area contributed by atoms with Gasteiger partial charge in [-0.05, 0) is 76.9 Å². The van der Waals surface area contributed by atoms with E-state index >= 15 is 0 Å². The monoisotopic (exact) mass is 740 g/mol. The average molecular weight is 741 g/mol. The van der Waals surface area contributed by atoms with Gasteiger partial charge in [0.15, 0.2) is 28.6 Å². The molecule has 0 unspecified atom stereocenters. The van der Waals surface area contributed by atoms with Crippen molar-refractivity contribution in [2.24, 2.45) is 11.8 Å². The maximum absolute atomic E-state index is 12.8. The highest BCUT2D eigenvalue weighted by atomic mass is 32.1.